The SMILES string of the molecule is CC(C)Oc1ccc(-c2nc(C(=O)N3CCN(C(=O)c4ccco4)CC3)cs2)cc1. The number of ether oxygens (including phenoxy) is 1. The predicted octanol–water partition coefficient (Wildman–Crippen LogP) is 3.79. The molecule has 0 bridgehead atoms. The minimum atomic E-state index is -0.145. The molecule has 1 aromatic carbocycles. The second-order valence-electron chi connectivity index (χ2n) is 7.29. The van der Waals surface area contributed by atoms with Crippen LogP contribution in [-0.2, 0) is 0 Å². The second-order valence-corrected chi connectivity index (χ2v) is 8.15. The molecule has 0 N–H and O–H groups in total. The van der Waals surface area contributed by atoms with Gasteiger partial charge in [-0.15, -0.1) is 11.3 Å². The lowest BCUT2D eigenvalue weighted by Gasteiger charge is -2.34. The molecular weight excluding hydrogens is 402 g/mol. The zero-order valence-electron chi connectivity index (χ0n) is 16.9. The van der Waals surface area contributed by atoms with Crippen molar-refractivity contribution in [2.45, 2.75) is 20.0 Å². The highest BCUT2D eigenvalue weighted by molar-refractivity contribution is 7.13. The fourth-order valence-corrected chi connectivity index (χ4v) is 4.08. The van der Waals surface area contributed by atoms with Gasteiger partial charge < -0.3 is 19.0 Å². The van der Waals surface area contributed by atoms with Gasteiger partial charge in [-0.2, -0.15) is 0 Å². The maximum atomic E-state index is 12.9. The highest BCUT2D eigenvalue weighted by Gasteiger charge is 2.27. The van der Waals surface area contributed by atoms with Gasteiger partial charge >= 0.3 is 0 Å². The van der Waals surface area contributed by atoms with Crippen molar-refractivity contribution < 1.29 is 18.7 Å². The van der Waals surface area contributed by atoms with Crippen molar-refractivity contribution >= 4 is 23.2 Å². The van der Waals surface area contributed by atoms with Gasteiger partial charge in [0.25, 0.3) is 11.8 Å². The van der Waals surface area contributed by atoms with Gasteiger partial charge in [-0.05, 0) is 50.2 Å². The topological polar surface area (TPSA) is 75.9 Å². The van der Waals surface area contributed by atoms with Crippen LogP contribution in [-0.4, -0.2) is 58.9 Å². The van der Waals surface area contributed by atoms with Gasteiger partial charge in [0.1, 0.15) is 16.5 Å². The number of carbonyl (C=O) groups excluding carboxylic acids is 2. The van der Waals surface area contributed by atoms with Crippen LogP contribution >= 0.6 is 11.3 Å². The Morgan fingerprint density at radius 1 is 1.03 bits per heavy atom. The zero-order chi connectivity index (χ0) is 21.1. The van der Waals surface area contributed by atoms with Gasteiger partial charge in [-0.3, -0.25) is 9.59 Å². The van der Waals surface area contributed by atoms with E-state index in [0.717, 1.165) is 16.3 Å². The summed E-state index contributed by atoms with van der Waals surface area (Å²) in [4.78, 5) is 33.2. The van der Waals surface area contributed by atoms with Gasteiger partial charge in [-0.1, -0.05) is 0 Å². The molecule has 3 heterocycles. The third-order valence-electron chi connectivity index (χ3n) is 4.78. The molecule has 30 heavy (non-hydrogen) atoms. The number of furan rings is 1. The Kier molecular flexibility index (Phi) is 5.85. The van der Waals surface area contributed by atoms with E-state index in [-0.39, 0.29) is 17.9 Å². The number of aromatic nitrogens is 1. The van der Waals surface area contributed by atoms with Crippen molar-refractivity contribution in [3.05, 3.63) is 59.5 Å². The first-order valence-electron chi connectivity index (χ1n) is 9.86. The van der Waals surface area contributed by atoms with Crippen molar-refractivity contribution in [1.29, 1.82) is 0 Å². The van der Waals surface area contributed by atoms with Gasteiger partial charge in [0.2, 0.25) is 0 Å². The van der Waals surface area contributed by atoms with E-state index < -0.39 is 0 Å². The summed E-state index contributed by atoms with van der Waals surface area (Å²) in [6, 6.07) is 11.1. The van der Waals surface area contributed by atoms with Crippen LogP contribution in [0.4, 0.5) is 0 Å². The minimum Gasteiger partial charge on any atom is -0.491 e. The number of piperazine rings is 1. The summed E-state index contributed by atoms with van der Waals surface area (Å²) in [5, 5.41) is 2.58. The lowest BCUT2D eigenvalue weighted by atomic mass is 10.2. The third kappa shape index (κ3) is 4.38. The molecule has 0 radical (unpaired) electrons. The molecule has 0 unspecified atom stereocenters. The van der Waals surface area contributed by atoms with Gasteiger partial charge in [-0.25, -0.2) is 4.98 Å². The van der Waals surface area contributed by atoms with Gasteiger partial charge in [0.15, 0.2) is 5.76 Å². The van der Waals surface area contributed by atoms with Crippen molar-refractivity contribution in [1.82, 2.24) is 14.8 Å². The van der Waals surface area contributed by atoms with E-state index in [4.69, 9.17) is 9.15 Å². The van der Waals surface area contributed by atoms with Crippen molar-refractivity contribution in [3.63, 3.8) is 0 Å². The van der Waals surface area contributed by atoms with E-state index >= 15 is 0 Å². The number of hydrogen-bond acceptors (Lipinski definition) is 6. The molecule has 1 aliphatic rings. The van der Waals surface area contributed by atoms with E-state index in [1.54, 1.807) is 27.3 Å². The predicted molar refractivity (Wildman–Crippen MR) is 114 cm³/mol. The molecule has 156 valence electrons. The molecule has 0 aliphatic carbocycles. The van der Waals surface area contributed by atoms with Crippen LogP contribution in [0.1, 0.15) is 34.9 Å². The first-order chi connectivity index (χ1) is 14.5. The lowest BCUT2D eigenvalue weighted by Crippen LogP contribution is -2.50. The third-order valence-corrected chi connectivity index (χ3v) is 5.67. The maximum Gasteiger partial charge on any atom is 0.289 e. The van der Waals surface area contributed by atoms with Crippen molar-refractivity contribution in [2.24, 2.45) is 0 Å². The number of rotatable bonds is 5. The average Bonchev–Trinajstić information content (AvgIpc) is 3.45. The standard InChI is InChI=1S/C22H23N3O4S/c1-15(2)29-17-7-5-16(6-8-17)20-23-18(14-30-20)21(26)24-9-11-25(12-10-24)22(27)19-4-3-13-28-19/h3-8,13-15H,9-12H2,1-2H3. The van der Waals surface area contributed by atoms with Crippen molar-refractivity contribution in [2.75, 3.05) is 26.2 Å². The van der Waals surface area contributed by atoms with E-state index in [1.165, 1.54) is 17.6 Å². The first-order valence-corrected chi connectivity index (χ1v) is 10.7. The summed E-state index contributed by atoms with van der Waals surface area (Å²) in [7, 11) is 0. The second kappa shape index (κ2) is 8.71. The number of nitrogens with zero attached hydrogens (tertiary/aromatic N) is 3. The number of benzene rings is 1. The minimum absolute atomic E-state index is 0.109. The fourth-order valence-electron chi connectivity index (χ4n) is 3.28. The van der Waals surface area contributed by atoms with Crippen LogP contribution in [0.3, 0.4) is 0 Å². The molecule has 8 heteroatoms. The van der Waals surface area contributed by atoms with Crippen molar-refractivity contribution in [3.8, 4) is 16.3 Å². The first kappa shape index (κ1) is 20.2. The summed E-state index contributed by atoms with van der Waals surface area (Å²) < 4.78 is 10.8. The Hall–Kier alpha value is -3.13. The van der Waals surface area contributed by atoms with E-state index in [9.17, 15) is 9.59 Å². The molecule has 0 atom stereocenters. The molecule has 0 saturated carbocycles. The molecule has 0 spiro atoms. The van der Waals surface area contributed by atoms with E-state index in [1.807, 2.05) is 38.1 Å². The Morgan fingerprint density at radius 2 is 1.70 bits per heavy atom. The highest BCUT2D eigenvalue weighted by atomic mass is 32.1. The number of carbonyl (C=O) groups is 2. The van der Waals surface area contributed by atoms with E-state index in [0.29, 0.717) is 37.6 Å². The van der Waals surface area contributed by atoms with Crippen LogP contribution in [0.2, 0.25) is 0 Å². The lowest BCUT2D eigenvalue weighted by molar-refractivity contribution is 0.0515. The summed E-state index contributed by atoms with van der Waals surface area (Å²) in [5.41, 5.74) is 1.38. The molecule has 2 amide bonds. The molecule has 7 nitrogen and oxygen atoms in total. The maximum absolute atomic E-state index is 12.9. The Balaban J connectivity index is 1.37. The Bertz CT molecular complexity index is 1000. The molecule has 1 fully saturated rings. The summed E-state index contributed by atoms with van der Waals surface area (Å²) in [6.45, 7) is 5.86. The highest BCUT2D eigenvalue weighted by Crippen LogP contribution is 2.27. The summed E-state index contributed by atoms with van der Waals surface area (Å²) >= 11 is 1.44. The molecule has 3 aromatic rings. The van der Waals surface area contributed by atoms with Crippen LogP contribution < -0.4 is 4.74 Å². The van der Waals surface area contributed by atoms with Gasteiger partial charge in [0.05, 0.1) is 12.4 Å². The van der Waals surface area contributed by atoms with E-state index in [2.05, 4.69) is 4.98 Å². The normalized spacial score (nSPS) is 14.2. The van der Waals surface area contributed by atoms with Gasteiger partial charge in [0, 0.05) is 37.1 Å². The molecular formula is C22H23N3O4S. The smallest absolute Gasteiger partial charge is 0.289 e. The zero-order valence-corrected chi connectivity index (χ0v) is 17.7. The monoisotopic (exact) mass is 425 g/mol. The number of hydrogen-bond donors (Lipinski definition) is 0. The number of thiazole rings is 1. The van der Waals surface area contributed by atoms with Crippen LogP contribution in [0, 0.1) is 0 Å². The molecule has 1 saturated heterocycles. The Morgan fingerprint density at radius 3 is 2.30 bits per heavy atom. The molecule has 4 rings (SSSR count). The molecule has 1 aliphatic heterocycles. The van der Waals surface area contributed by atoms with Crippen LogP contribution in [0.25, 0.3) is 10.6 Å². The summed E-state index contributed by atoms with van der Waals surface area (Å²) in [6.07, 6.45) is 1.60. The van der Waals surface area contributed by atoms with Crippen LogP contribution in [0.15, 0.2) is 52.5 Å². The molecule has 2 aromatic heterocycles. The fraction of sp³-hybridized carbons (Fsp3) is 0.318. The average molecular weight is 426 g/mol. The summed E-state index contributed by atoms with van der Waals surface area (Å²) in [5.74, 6) is 0.877. The Labute approximate surface area is 178 Å². The quantitative estimate of drug-likeness (QED) is 0.622. The van der Waals surface area contributed by atoms with Crippen LogP contribution in [0.5, 0.6) is 5.75 Å². The number of amides is 2. The largest absolute Gasteiger partial charge is 0.491 e.